The Balaban J connectivity index is 4.55. The molecule has 0 aromatic heterocycles. The maximum atomic E-state index is 12.9. The first-order chi connectivity index (χ1) is 38.5. The van der Waals surface area contributed by atoms with Gasteiger partial charge in [-0.3, -0.25) is 14.4 Å². The summed E-state index contributed by atoms with van der Waals surface area (Å²) in [5.41, 5.74) is 0. The lowest BCUT2D eigenvalue weighted by atomic mass is 10.0. The molecule has 0 radical (unpaired) electrons. The lowest BCUT2D eigenvalue weighted by Crippen LogP contribution is -2.30. The normalized spacial score (nSPS) is 13.1. The molecule has 0 saturated heterocycles. The standard InChI is InChI=1S/C72H116O6/c1-4-7-10-13-16-19-22-25-28-31-33-35-36-37-39-41-44-47-50-53-56-59-62-65-71(74)77-68-69(67-76-70(73)64-61-58-55-52-49-46-43-40-30-27-24-21-18-15-12-9-6-3)78-72(75)66-63-60-57-54-51-48-45-42-38-34-32-29-26-23-20-17-14-11-8-5-2/h7,9-10,12,16,18-19,21,25,27-28,30,33,35,37,39,43-44,46-47,52-53,55-56,69H,4-6,8,11,13-15,17,20,22-24,26,29,31-32,34,36,38,40-42,45,48-51,54,57-68H2,1-3H3/b10-7-,12-9-,19-16-,21-18-,28-25-,30-27-,35-33-,39-37-,46-43-,47-44-,55-52-,56-53-. The van der Waals surface area contributed by atoms with Gasteiger partial charge in [-0.1, -0.05) is 289 Å². The highest BCUT2D eigenvalue weighted by Gasteiger charge is 2.19. The minimum absolute atomic E-state index is 0.129. The van der Waals surface area contributed by atoms with Crippen molar-refractivity contribution in [2.75, 3.05) is 13.2 Å². The fraction of sp³-hybridized carbons (Fsp3) is 0.625. The smallest absolute Gasteiger partial charge is 0.306 e. The summed E-state index contributed by atoms with van der Waals surface area (Å²) < 4.78 is 16.8. The summed E-state index contributed by atoms with van der Waals surface area (Å²) in [6.07, 6.45) is 92.9. The molecule has 0 rings (SSSR count). The molecule has 6 nitrogen and oxygen atoms in total. The molecular formula is C72H116O6. The summed E-state index contributed by atoms with van der Waals surface area (Å²) >= 11 is 0. The SMILES string of the molecule is CC/C=C\C/C=C\C/C=C\C/C=C\C/C=C\C/C=C\C/C=C\CCCC(=O)OCC(COC(=O)CCC/C=C\C/C=C\C/C=C\C/C=C\C/C=C\CC)OC(=O)CCCCCCCCCCCCCCCCCCCCCC. The number of allylic oxidation sites excluding steroid dienone is 24. The van der Waals surface area contributed by atoms with Crippen LogP contribution in [0, 0.1) is 0 Å². The van der Waals surface area contributed by atoms with Gasteiger partial charge >= 0.3 is 17.9 Å². The summed E-state index contributed by atoms with van der Waals surface area (Å²) in [6.45, 7) is 6.33. The van der Waals surface area contributed by atoms with E-state index in [1.54, 1.807) is 0 Å². The molecule has 440 valence electrons. The Morgan fingerprint density at radius 2 is 0.500 bits per heavy atom. The van der Waals surface area contributed by atoms with Gasteiger partial charge in [-0.25, -0.2) is 0 Å². The molecule has 0 aliphatic heterocycles. The van der Waals surface area contributed by atoms with Gasteiger partial charge in [0, 0.05) is 19.3 Å². The highest BCUT2D eigenvalue weighted by Crippen LogP contribution is 2.16. The predicted octanol–water partition coefficient (Wildman–Crippen LogP) is 21.9. The average molecular weight is 1080 g/mol. The third-order valence-corrected chi connectivity index (χ3v) is 13.1. The van der Waals surface area contributed by atoms with E-state index in [4.69, 9.17) is 14.2 Å². The monoisotopic (exact) mass is 1080 g/mol. The maximum Gasteiger partial charge on any atom is 0.306 e. The minimum atomic E-state index is -0.831. The highest BCUT2D eigenvalue weighted by molar-refractivity contribution is 5.71. The zero-order valence-corrected chi connectivity index (χ0v) is 50.4. The van der Waals surface area contributed by atoms with Crippen molar-refractivity contribution in [1.82, 2.24) is 0 Å². The van der Waals surface area contributed by atoms with Crippen LogP contribution in [0.25, 0.3) is 0 Å². The Bertz CT molecular complexity index is 1710. The average Bonchev–Trinajstić information content (AvgIpc) is 3.44. The van der Waals surface area contributed by atoms with Crippen LogP contribution >= 0.6 is 0 Å². The van der Waals surface area contributed by atoms with Gasteiger partial charge in [0.1, 0.15) is 13.2 Å². The van der Waals surface area contributed by atoms with Gasteiger partial charge in [-0.2, -0.15) is 0 Å². The predicted molar refractivity (Wildman–Crippen MR) is 339 cm³/mol. The van der Waals surface area contributed by atoms with E-state index in [9.17, 15) is 14.4 Å². The number of carbonyl (C=O) groups excluding carboxylic acids is 3. The van der Waals surface area contributed by atoms with Gasteiger partial charge in [-0.15, -0.1) is 0 Å². The summed E-state index contributed by atoms with van der Waals surface area (Å²) in [4.78, 5) is 38.3. The molecule has 0 amide bonds. The van der Waals surface area contributed by atoms with Gasteiger partial charge < -0.3 is 14.2 Å². The van der Waals surface area contributed by atoms with Crippen LogP contribution in [0.3, 0.4) is 0 Å². The van der Waals surface area contributed by atoms with E-state index in [2.05, 4.69) is 167 Å². The fourth-order valence-electron chi connectivity index (χ4n) is 8.41. The minimum Gasteiger partial charge on any atom is -0.462 e. The summed E-state index contributed by atoms with van der Waals surface area (Å²) in [6, 6.07) is 0. The van der Waals surface area contributed by atoms with Crippen LogP contribution in [0.4, 0.5) is 0 Å². The van der Waals surface area contributed by atoms with Gasteiger partial charge in [0.05, 0.1) is 0 Å². The van der Waals surface area contributed by atoms with Crippen molar-refractivity contribution < 1.29 is 28.6 Å². The van der Waals surface area contributed by atoms with E-state index >= 15 is 0 Å². The van der Waals surface area contributed by atoms with Crippen molar-refractivity contribution in [1.29, 1.82) is 0 Å². The zero-order valence-electron chi connectivity index (χ0n) is 50.4. The van der Waals surface area contributed by atoms with Crippen LogP contribution in [-0.4, -0.2) is 37.2 Å². The maximum absolute atomic E-state index is 12.9. The number of rotatable bonds is 56. The molecule has 78 heavy (non-hydrogen) atoms. The number of carbonyl (C=O) groups is 3. The second-order valence-electron chi connectivity index (χ2n) is 20.6. The molecular weight excluding hydrogens is 961 g/mol. The topological polar surface area (TPSA) is 78.9 Å². The molecule has 0 aliphatic rings. The van der Waals surface area contributed by atoms with E-state index in [0.29, 0.717) is 19.3 Å². The Labute approximate surface area is 480 Å². The molecule has 0 aliphatic carbocycles. The van der Waals surface area contributed by atoms with Crippen LogP contribution in [0.2, 0.25) is 0 Å². The summed E-state index contributed by atoms with van der Waals surface area (Å²) in [5, 5.41) is 0. The molecule has 0 heterocycles. The second kappa shape index (κ2) is 64.8. The van der Waals surface area contributed by atoms with Crippen molar-refractivity contribution in [3.63, 3.8) is 0 Å². The van der Waals surface area contributed by atoms with Crippen molar-refractivity contribution in [3.05, 3.63) is 146 Å². The molecule has 1 unspecified atom stereocenters. The van der Waals surface area contributed by atoms with Crippen molar-refractivity contribution in [2.24, 2.45) is 0 Å². The van der Waals surface area contributed by atoms with E-state index < -0.39 is 6.10 Å². The van der Waals surface area contributed by atoms with E-state index in [-0.39, 0.29) is 44.0 Å². The molecule has 0 aromatic rings. The molecule has 1 atom stereocenters. The molecule has 6 heteroatoms. The number of ether oxygens (including phenoxy) is 3. The van der Waals surface area contributed by atoms with Gasteiger partial charge in [-0.05, 0) is 109 Å². The van der Waals surface area contributed by atoms with Crippen molar-refractivity contribution in [3.8, 4) is 0 Å². The first-order valence-electron chi connectivity index (χ1n) is 31.8. The number of esters is 3. The first kappa shape index (κ1) is 73.3. The quantitative estimate of drug-likeness (QED) is 0.0261. The summed E-state index contributed by atoms with van der Waals surface area (Å²) in [5.74, 6) is -1.04. The summed E-state index contributed by atoms with van der Waals surface area (Å²) in [7, 11) is 0. The van der Waals surface area contributed by atoms with Gasteiger partial charge in [0.2, 0.25) is 0 Å². The second-order valence-corrected chi connectivity index (χ2v) is 20.6. The van der Waals surface area contributed by atoms with Crippen LogP contribution in [-0.2, 0) is 28.6 Å². The number of hydrogen-bond acceptors (Lipinski definition) is 6. The molecule has 0 spiro atoms. The van der Waals surface area contributed by atoms with Crippen molar-refractivity contribution >= 4 is 17.9 Å². The van der Waals surface area contributed by atoms with Crippen LogP contribution in [0.1, 0.15) is 271 Å². The molecule has 0 aromatic carbocycles. The fourth-order valence-corrected chi connectivity index (χ4v) is 8.41. The van der Waals surface area contributed by atoms with Crippen molar-refractivity contribution in [2.45, 2.75) is 277 Å². The van der Waals surface area contributed by atoms with Crippen LogP contribution < -0.4 is 0 Å². The van der Waals surface area contributed by atoms with E-state index in [0.717, 1.165) is 109 Å². The largest absolute Gasteiger partial charge is 0.462 e. The Morgan fingerprint density at radius 3 is 0.769 bits per heavy atom. The van der Waals surface area contributed by atoms with E-state index in [1.807, 2.05) is 0 Å². The molecule has 0 N–H and O–H groups in total. The highest BCUT2D eigenvalue weighted by atomic mass is 16.6. The Morgan fingerprint density at radius 1 is 0.269 bits per heavy atom. The zero-order chi connectivity index (χ0) is 56.4. The van der Waals surface area contributed by atoms with Crippen LogP contribution in [0.5, 0.6) is 0 Å². The van der Waals surface area contributed by atoms with Gasteiger partial charge in [0.25, 0.3) is 0 Å². The molecule has 0 bridgehead atoms. The molecule has 0 fully saturated rings. The Hall–Kier alpha value is -4.71. The number of unbranched alkanes of at least 4 members (excludes halogenated alkanes) is 21. The molecule has 0 saturated carbocycles. The number of hydrogen-bond donors (Lipinski definition) is 0. The van der Waals surface area contributed by atoms with Crippen LogP contribution in [0.15, 0.2) is 146 Å². The van der Waals surface area contributed by atoms with Gasteiger partial charge in [0.15, 0.2) is 6.10 Å². The lowest BCUT2D eigenvalue weighted by Gasteiger charge is -2.18. The third kappa shape index (κ3) is 62.1. The first-order valence-corrected chi connectivity index (χ1v) is 31.8. The lowest BCUT2D eigenvalue weighted by molar-refractivity contribution is -0.167. The Kier molecular flexibility index (Phi) is 60.9. The third-order valence-electron chi connectivity index (χ3n) is 13.1. The van der Waals surface area contributed by atoms with E-state index in [1.165, 1.54) is 109 Å².